The molecule has 1 aliphatic heterocycles. The molecule has 3 rings (SSSR count). The van der Waals surface area contributed by atoms with Crippen LogP contribution >= 0.6 is 0 Å². The number of hydrogen-bond acceptors (Lipinski definition) is 1. The summed E-state index contributed by atoms with van der Waals surface area (Å²) in [6, 6.07) is 1.82. The fourth-order valence-corrected chi connectivity index (χ4v) is 4.01. The Hall–Kier alpha value is -0.0400. The normalized spacial score (nSPS) is 43.3. The Morgan fingerprint density at radius 1 is 0.929 bits per heavy atom. The van der Waals surface area contributed by atoms with Gasteiger partial charge in [0.05, 0.1) is 0 Å². The highest BCUT2D eigenvalue weighted by Gasteiger charge is 2.39. The van der Waals surface area contributed by atoms with E-state index < -0.39 is 0 Å². The van der Waals surface area contributed by atoms with E-state index >= 15 is 0 Å². The molecule has 1 nitrogen and oxygen atoms in total. The second-order valence-electron chi connectivity index (χ2n) is 5.78. The molecule has 0 aromatic heterocycles. The van der Waals surface area contributed by atoms with Crippen molar-refractivity contribution in [2.75, 3.05) is 0 Å². The Morgan fingerprint density at radius 2 is 1.79 bits per heavy atom. The van der Waals surface area contributed by atoms with Gasteiger partial charge in [-0.1, -0.05) is 32.1 Å². The highest BCUT2D eigenvalue weighted by molar-refractivity contribution is 4.97. The van der Waals surface area contributed by atoms with Crippen molar-refractivity contribution in [3.8, 4) is 0 Å². The molecule has 80 valence electrons. The number of hydrogen-bond donors (Lipinski definition) is 1. The molecule has 2 bridgehead atoms. The van der Waals surface area contributed by atoms with Gasteiger partial charge in [0, 0.05) is 12.1 Å². The SMILES string of the molecule is C1CCC(CC2NC3CCC2C3)CC1. The van der Waals surface area contributed by atoms with Gasteiger partial charge in [0.1, 0.15) is 0 Å². The van der Waals surface area contributed by atoms with Gasteiger partial charge < -0.3 is 5.32 Å². The molecule has 3 fully saturated rings. The number of piperidine rings is 1. The summed E-state index contributed by atoms with van der Waals surface area (Å²) in [4.78, 5) is 0. The van der Waals surface area contributed by atoms with Gasteiger partial charge in [-0.2, -0.15) is 0 Å². The van der Waals surface area contributed by atoms with Crippen LogP contribution in [0.1, 0.15) is 57.8 Å². The number of nitrogens with one attached hydrogen (secondary N) is 1. The minimum atomic E-state index is 0.911. The second-order valence-corrected chi connectivity index (χ2v) is 5.78. The number of rotatable bonds is 2. The van der Waals surface area contributed by atoms with E-state index in [1.165, 1.54) is 57.8 Å². The maximum atomic E-state index is 3.84. The second kappa shape index (κ2) is 3.84. The average molecular weight is 193 g/mol. The van der Waals surface area contributed by atoms with Gasteiger partial charge in [0.15, 0.2) is 0 Å². The number of fused-ring (bicyclic) bond motifs is 2. The van der Waals surface area contributed by atoms with Crippen LogP contribution in [-0.4, -0.2) is 12.1 Å². The molecule has 0 radical (unpaired) electrons. The summed E-state index contributed by atoms with van der Waals surface area (Å²) in [7, 11) is 0. The largest absolute Gasteiger partial charge is 0.311 e. The smallest absolute Gasteiger partial charge is 0.0101 e. The monoisotopic (exact) mass is 193 g/mol. The van der Waals surface area contributed by atoms with E-state index in [1.807, 2.05) is 0 Å². The van der Waals surface area contributed by atoms with Crippen molar-refractivity contribution in [2.45, 2.75) is 69.9 Å². The average Bonchev–Trinajstić information content (AvgIpc) is 2.81. The predicted molar refractivity (Wildman–Crippen MR) is 59.2 cm³/mol. The van der Waals surface area contributed by atoms with E-state index in [0.717, 1.165) is 23.9 Å². The molecular weight excluding hydrogens is 170 g/mol. The van der Waals surface area contributed by atoms with Crippen molar-refractivity contribution in [2.24, 2.45) is 11.8 Å². The van der Waals surface area contributed by atoms with Gasteiger partial charge in [-0.15, -0.1) is 0 Å². The maximum absolute atomic E-state index is 3.84. The van der Waals surface area contributed by atoms with Crippen molar-refractivity contribution in [3.63, 3.8) is 0 Å². The summed E-state index contributed by atoms with van der Waals surface area (Å²) in [5, 5.41) is 3.84. The molecule has 3 unspecified atom stereocenters. The molecule has 2 saturated carbocycles. The van der Waals surface area contributed by atoms with E-state index in [0.29, 0.717) is 0 Å². The van der Waals surface area contributed by atoms with Crippen LogP contribution in [0.3, 0.4) is 0 Å². The Bertz CT molecular complexity index is 195. The zero-order valence-corrected chi connectivity index (χ0v) is 9.17. The van der Waals surface area contributed by atoms with Crippen LogP contribution in [0.15, 0.2) is 0 Å². The van der Waals surface area contributed by atoms with E-state index in [1.54, 1.807) is 0 Å². The van der Waals surface area contributed by atoms with Crippen LogP contribution in [0.4, 0.5) is 0 Å². The molecule has 1 heteroatoms. The zero-order valence-electron chi connectivity index (χ0n) is 9.17. The third-order valence-electron chi connectivity index (χ3n) is 4.80. The maximum Gasteiger partial charge on any atom is 0.0101 e. The lowest BCUT2D eigenvalue weighted by Gasteiger charge is -2.29. The van der Waals surface area contributed by atoms with E-state index in [4.69, 9.17) is 0 Å². The molecule has 1 heterocycles. The summed E-state index contributed by atoms with van der Waals surface area (Å²) in [5.74, 6) is 2.13. The van der Waals surface area contributed by atoms with Crippen LogP contribution in [0.25, 0.3) is 0 Å². The molecule has 0 aromatic carbocycles. The first kappa shape index (κ1) is 9.21. The third-order valence-corrected chi connectivity index (χ3v) is 4.80. The lowest BCUT2D eigenvalue weighted by molar-refractivity contribution is 0.263. The van der Waals surface area contributed by atoms with E-state index in [-0.39, 0.29) is 0 Å². The summed E-state index contributed by atoms with van der Waals surface area (Å²) < 4.78 is 0. The Labute approximate surface area is 87.7 Å². The molecule has 1 saturated heterocycles. The van der Waals surface area contributed by atoms with Crippen molar-refractivity contribution in [1.82, 2.24) is 5.32 Å². The Kier molecular flexibility index (Phi) is 2.53. The first-order chi connectivity index (χ1) is 6.92. The zero-order chi connectivity index (χ0) is 9.38. The van der Waals surface area contributed by atoms with Crippen molar-refractivity contribution < 1.29 is 0 Å². The van der Waals surface area contributed by atoms with Crippen LogP contribution in [0.2, 0.25) is 0 Å². The summed E-state index contributed by atoms with van der Waals surface area (Å²) in [5.41, 5.74) is 0. The lowest BCUT2D eigenvalue weighted by Crippen LogP contribution is -2.37. The molecule has 2 aliphatic carbocycles. The summed E-state index contributed by atoms with van der Waals surface area (Å²) in [6.07, 6.45) is 13.5. The van der Waals surface area contributed by atoms with Crippen LogP contribution in [0.5, 0.6) is 0 Å². The Morgan fingerprint density at radius 3 is 2.43 bits per heavy atom. The molecular formula is C13H23N. The lowest BCUT2D eigenvalue weighted by atomic mass is 9.82. The van der Waals surface area contributed by atoms with Crippen LogP contribution in [0, 0.1) is 11.8 Å². The molecule has 3 atom stereocenters. The molecule has 14 heavy (non-hydrogen) atoms. The van der Waals surface area contributed by atoms with Gasteiger partial charge in [-0.25, -0.2) is 0 Å². The molecule has 1 N–H and O–H groups in total. The fraction of sp³-hybridized carbons (Fsp3) is 1.00. The first-order valence-corrected chi connectivity index (χ1v) is 6.68. The first-order valence-electron chi connectivity index (χ1n) is 6.68. The topological polar surface area (TPSA) is 12.0 Å². The van der Waals surface area contributed by atoms with Crippen LogP contribution in [-0.2, 0) is 0 Å². The van der Waals surface area contributed by atoms with Crippen molar-refractivity contribution >= 4 is 0 Å². The van der Waals surface area contributed by atoms with Gasteiger partial charge in [0.2, 0.25) is 0 Å². The standard InChI is InChI=1S/C13H23N/c1-2-4-10(5-3-1)8-13-11-6-7-12(9-11)14-13/h10-14H,1-9H2. The molecule has 0 spiro atoms. The van der Waals surface area contributed by atoms with Gasteiger partial charge in [0.25, 0.3) is 0 Å². The van der Waals surface area contributed by atoms with Crippen LogP contribution < -0.4 is 5.32 Å². The predicted octanol–water partition coefficient (Wildman–Crippen LogP) is 3.10. The summed E-state index contributed by atoms with van der Waals surface area (Å²) >= 11 is 0. The summed E-state index contributed by atoms with van der Waals surface area (Å²) in [6.45, 7) is 0. The van der Waals surface area contributed by atoms with E-state index in [2.05, 4.69) is 5.32 Å². The Balaban J connectivity index is 1.52. The van der Waals surface area contributed by atoms with Gasteiger partial charge in [-0.05, 0) is 37.5 Å². The highest BCUT2D eigenvalue weighted by atomic mass is 15.0. The fourth-order valence-electron chi connectivity index (χ4n) is 4.01. The van der Waals surface area contributed by atoms with Crippen molar-refractivity contribution in [3.05, 3.63) is 0 Å². The molecule has 0 aromatic rings. The quantitative estimate of drug-likeness (QED) is 0.710. The van der Waals surface area contributed by atoms with Gasteiger partial charge >= 0.3 is 0 Å². The molecule has 3 aliphatic rings. The van der Waals surface area contributed by atoms with Gasteiger partial charge in [-0.3, -0.25) is 0 Å². The highest BCUT2D eigenvalue weighted by Crippen LogP contribution is 2.39. The third kappa shape index (κ3) is 1.71. The van der Waals surface area contributed by atoms with E-state index in [9.17, 15) is 0 Å². The molecule has 0 amide bonds. The van der Waals surface area contributed by atoms with Crippen molar-refractivity contribution in [1.29, 1.82) is 0 Å². The minimum Gasteiger partial charge on any atom is -0.311 e. The minimum absolute atomic E-state index is 0.911.